The second kappa shape index (κ2) is 9.80. The van der Waals surface area contributed by atoms with Crippen molar-refractivity contribution in [2.24, 2.45) is 0 Å². The molecule has 5 nitrogen and oxygen atoms in total. The molecule has 0 aliphatic carbocycles. The molecule has 1 amide bonds. The monoisotopic (exact) mass is 414 g/mol. The molecule has 1 aromatic heterocycles. The molecule has 0 aliphatic rings. The van der Waals surface area contributed by atoms with E-state index in [1.165, 1.54) is 4.90 Å². The maximum Gasteiger partial charge on any atom is 0.227 e. The Labute approximate surface area is 175 Å². The van der Waals surface area contributed by atoms with Gasteiger partial charge in [0, 0.05) is 25.6 Å². The maximum atomic E-state index is 14.5. The summed E-state index contributed by atoms with van der Waals surface area (Å²) in [5.74, 6) is -0.815. The van der Waals surface area contributed by atoms with Crippen molar-refractivity contribution in [3.8, 4) is 0 Å². The van der Waals surface area contributed by atoms with E-state index in [1.54, 1.807) is 0 Å². The summed E-state index contributed by atoms with van der Waals surface area (Å²) in [5.41, 5.74) is 2.84. The van der Waals surface area contributed by atoms with Crippen LogP contribution in [0.3, 0.4) is 0 Å². The van der Waals surface area contributed by atoms with Gasteiger partial charge < -0.3 is 14.8 Å². The van der Waals surface area contributed by atoms with Crippen LogP contribution in [0.4, 0.5) is 14.5 Å². The zero-order chi connectivity index (χ0) is 21.7. The third-order valence-electron chi connectivity index (χ3n) is 4.98. The highest BCUT2D eigenvalue weighted by atomic mass is 19.1. The van der Waals surface area contributed by atoms with Crippen molar-refractivity contribution in [1.82, 2.24) is 14.9 Å². The number of aromatic nitrogens is 2. The normalized spacial score (nSPS) is 11.2. The van der Waals surface area contributed by atoms with Gasteiger partial charge in [0.1, 0.15) is 17.5 Å². The van der Waals surface area contributed by atoms with Gasteiger partial charge in [-0.1, -0.05) is 19.9 Å². The number of imidazole rings is 1. The number of fused-ring (bicyclic) bond motifs is 1. The molecule has 0 saturated heterocycles. The summed E-state index contributed by atoms with van der Waals surface area (Å²) in [4.78, 5) is 18.9. The molecule has 3 aromatic rings. The topological polar surface area (TPSA) is 50.2 Å². The molecule has 1 heterocycles. The predicted molar refractivity (Wildman–Crippen MR) is 115 cm³/mol. The summed E-state index contributed by atoms with van der Waals surface area (Å²) in [5, 5.41) is 3.12. The van der Waals surface area contributed by atoms with Crippen LogP contribution in [0.2, 0.25) is 0 Å². The number of nitrogens with one attached hydrogen (secondary N) is 1. The van der Waals surface area contributed by atoms with E-state index in [1.807, 2.05) is 32.2 Å². The number of hydrogen-bond acceptors (Lipinski definition) is 3. The highest BCUT2D eigenvalue weighted by Gasteiger charge is 2.23. The molecular formula is C23H28F2N4O. The Morgan fingerprint density at radius 2 is 1.93 bits per heavy atom. The Hall–Kier alpha value is -2.80. The van der Waals surface area contributed by atoms with Crippen molar-refractivity contribution in [3.05, 3.63) is 59.4 Å². The van der Waals surface area contributed by atoms with E-state index in [4.69, 9.17) is 4.98 Å². The minimum absolute atomic E-state index is 0.0561. The number of hydrogen-bond donors (Lipinski definition) is 1. The van der Waals surface area contributed by atoms with Gasteiger partial charge in [-0.3, -0.25) is 4.79 Å². The van der Waals surface area contributed by atoms with Gasteiger partial charge in [0.05, 0.1) is 23.3 Å². The largest absolute Gasteiger partial charge is 0.326 e. The Balaban J connectivity index is 2.07. The minimum Gasteiger partial charge on any atom is -0.326 e. The summed E-state index contributed by atoms with van der Waals surface area (Å²) in [6.45, 7) is 5.47. The number of amides is 1. The molecule has 1 N–H and O–H groups in total. The molecule has 2 aromatic carbocycles. The van der Waals surface area contributed by atoms with E-state index in [0.29, 0.717) is 12.2 Å². The van der Waals surface area contributed by atoms with Gasteiger partial charge in [-0.05, 0) is 49.7 Å². The van der Waals surface area contributed by atoms with E-state index in [-0.39, 0.29) is 24.6 Å². The van der Waals surface area contributed by atoms with E-state index in [9.17, 15) is 13.6 Å². The van der Waals surface area contributed by atoms with Gasteiger partial charge >= 0.3 is 0 Å². The van der Waals surface area contributed by atoms with E-state index >= 15 is 0 Å². The number of anilines is 1. The van der Waals surface area contributed by atoms with Crippen LogP contribution in [0, 0.1) is 11.6 Å². The molecule has 0 aliphatic heterocycles. The first-order chi connectivity index (χ1) is 14.5. The first-order valence-electron chi connectivity index (χ1n) is 10.4. The van der Waals surface area contributed by atoms with Gasteiger partial charge in [-0.25, -0.2) is 13.8 Å². The Kier molecular flexibility index (Phi) is 7.15. The lowest BCUT2D eigenvalue weighted by Crippen LogP contribution is -2.32. The third kappa shape index (κ3) is 4.67. The molecule has 0 saturated carbocycles. The number of carbonyl (C=O) groups excluding carboxylic acids is 1. The van der Waals surface area contributed by atoms with Crippen LogP contribution in [0.25, 0.3) is 11.0 Å². The molecule has 0 spiro atoms. The maximum absolute atomic E-state index is 14.5. The van der Waals surface area contributed by atoms with Crippen molar-refractivity contribution < 1.29 is 13.6 Å². The Bertz CT molecular complexity index is 1030. The predicted octanol–water partition coefficient (Wildman–Crippen LogP) is 4.78. The second-order valence-electron chi connectivity index (χ2n) is 7.36. The highest BCUT2D eigenvalue weighted by molar-refractivity contribution is 5.93. The third-order valence-corrected chi connectivity index (χ3v) is 4.98. The number of halogens is 2. The fraction of sp³-hybridized carbons (Fsp3) is 0.391. The van der Waals surface area contributed by atoms with Gasteiger partial charge in [0.15, 0.2) is 0 Å². The zero-order valence-corrected chi connectivity index (χ0v) is 17.7. The summed E-state index contributed by atoms with van der Waals surface area (Å²) in [7, 11) is 1.88. The molecule has 0 unspecified atom stereocenters. The summed E-state index contributed by atoms with van der Waals surface area (Å²) >= 11 is 0. The quantitative estimate of drug-likeness (QED) is 0.548. The SMILES string of the molecule is CCCC(=O)N(Cc1nc2cc(CNC)ccc2n1CCC)c1cc(F)ccc1F. The van der Waals surface area contributed by atoms with Crippen LogP contribution in [0.1, 0.15) is 44.5 Å². The van der Waals surface area contributed by atoms with Crippen molar-refractivity contribution in [2.75, 3.05) is 11.9 Å². The summed E-state index contributed by atoms with van der Waals surface area (Å²) in [6, 6.07) is 9.26. The molecule has 160 valence electrons. The first kappa shape index (κ1) is 21.9. The first-order valence-corrected chi connectivity index (χ1v) is 10.4. The average Bonchev–Trinajstić information content (AvgIpc) is 3.05. The van der Waals surface area contributed by atoms with Crippen LogP contribution in [-0.2, 0) is 24.4 Å². The highest BCUT2D eigenvalue weighted by Crippen LogP contribution is 2.26. The zero-order valence-electron chi connectivity index (χ0n) is 17.7. The van der Waals surface area contributed by atoms with Crippen LogP contribution in [0.5, 0.6) is 0 Å². The molecule has 7 heteroatoms. The van der Waals surface area contributed by atoms with Gasteiger partial charge in [-0.2, -0.15) is 0 Å². The van der Waals surface area contributed by atoms with E-state index in [2.05, 4.69) is 16.8 Å². The lowest BCUT2D eigenvalue weighted by molar-refractivity contribution is -0.118. The number of nitrogens with zero attached hydrogens (tertiary/aromatic N) is 3. The van der Waals surface area contributed by atoms with Gasteiger partial charge in [0.25, 0.3) is 0 Å². The molecule has 0 bridgehead atoms. The van der Waals surface area contributed by atoms with Crippen molar-refractivity contribution in [2.45, 2.75) is 52.7 Å². The number of carbonyl (C=O) groups is 1. The van der Waals surface area contributed by atoms with E-state index in [0.717, 1.165) is 54.3 Å². The minimum atomic E-state index is -0.629. The molecule has 0 atom stereocenters. The lowest BCUT2D eigenvalue weighted by Gasteiger charge is -2.23. The second-order valence-corrected chi connectivity index (χ2v) is 7.36. The van der Waals surface area contributed by atoms with Crippen molar-refractivity contribution in [1.29, 1.82) is 0 Å². The van der Waals surface area contributed by atoms with Crippen molar-refractivity contribution >= 4 is 22.6 Å². The summed E-state index contributed by atoms with van der Waals surface area (Å²) < 4.78 is 30.4. The van der Waals surface area contributed by atoms with Crippen molar-refractivity contribution in [3.63, 3.8) is 0 Å². The lowest BCUT2D eigenvalue weighted by atomic mass is 10.2. The average molecular weight is 415 g/mol. The Morgan fingerprint density at radius 3 is 2.63 bits per heavy atom. The molecule has 0 radical (unpaired) electrons. The van der Waals surface area contributed by atoms with Gasteiger partial charge in [0.2, 0.25) is 5.91 Å². The van der Waals surface area contributed by atoms with Crippen LogP contribution in [0.15, 0.2) is 36.4 Å². The molecular weight excluding hydrogens is 386 g/mol. The fourth-order valence-corrected chi connectivity index (χ4v) is 3.62. The molecule has 0 fully saturated rings. The Morgan fingerprint density at radius 1 is 1.13 bits per heavy atom. The van der Waals surface area contributed by atoms with E-state index < -0.39 is 11.6 Å². The molecule has 3 rings (SSSR count). The van der Waals surface area contributed by atoms with Crippen LogP contribution in [-0.4, -0.2) is 22.5 Å². The van der Waals surface area contributed by atoms with Gasteiger partial charge in [-0.15, -0.1) is 0 Å². The number of aryl methyl sites for hydroxylation is 1. The molecule has 30 heavy (non-hydrogen) atoms. The smallest absolute Gasteiger partial charge is 0.227 e. The van der Waals surface area contributed by atoms with Crippen LogP contribution < -0.4 is 10.2 Å². The van der Waals surface area contributed by atoms with Crippen LogP contribution >= 0.6 is 0 Å². The number of rotatable bonds is 9. The summed E-state index contributed by atoms with van der Waals surface area (Å²) in [6.07, 6.45) is 1.75. The number of benzene rings is 2. The standard InChI is InChI=1S/C23H28F2N4O/c1-4-6-23(30)29(21-13-17(24)8-9-18(21)25)15-22-27-19-12-16(14-26-3)7-10-20(19)28(22)11-5-2/h7-10,12-13,26H,4-6,11,14-15H2,1-3H3. The fourth-order valence-electron chi connectivity index (χ4n) is 3.62.